The number of carbonyl (C=O) groups is 1. The molecule has 1 heterocycles. The Labute approximate surface area is 120 Å². The highest BCUT2D eigenvalue weighted by Gasteiger charge is 2.18. The summed E-state index contributed by atoms with van der Waals surface area (Å²) in [4.78, 5) is 15.4. The second kappa shape index (κ2) is 5.92. The molecule has 2 rings (SSSR count). The van der Waals surface area contributed by atoms with E-state index in [9.17, 15) is 4.79 Å². The second-order valence-corrected chi connectivity index (χ2v) is 5.35. The van der Waals surface area contributed by atoms with Crippen molar-refractivity contribution in [3.8, 4) is 22.2 Å². The molecular weight excluding hydrogens is 278 g/mol. The summed E-state index contributed by atoms with van der Waals surface area (Å²) in [5.41, 5.74) is 0.830. The molecule has 1 aromatic carbocycles. The average molecular weight is 293 g/mol. The molecule has 0 aliphatic rings. The summed E-state index contributed by atoms with van der Waals surface area (Å²) >= 11 is 1.09. The van der Waals surface area contributed by atoms with Crippen LogP contribution in [-0.2, 0) is 0 Å². The maximum absolute atomic E-state index is 11.1. The first-order valence-electron chi connectivity index (χ1n) is 6.06. The first-order chi connectivity index (χ1) is 9.51. The Balaban J connectivity index is 2.29. The molecule has 0 saturated heterocycles. The molecule has 1 aromatic heterocycles. The zero-order valence-corrected chi connectivity index (χ0v) is 12.2. The fourth-order valence-corrected chi connectivity index (χ4v) is 2.53. The van der Waals surface area contributed by atoms with Crippen LogP contribution in [0.1, 0.15) is 23.5 Å². The van der Waals surface area contributed by atoms with Crippen LogP contribution in [0.3, 0.4) is 0 Å². The highest BCUT2D eigenvalue weighted by molar-refractivity contribution is 7.17. The van der Waals surface area contributed by atoms with Crippen molar-refractivity contribution >= 4 is 17.3 Å². The number of carboxylic acids is 1. The standard InChI is InChI=1S/C14H15NO4S/c1-8(2)19-10-6-4-9(5-7-10)13-15-12(18-3)11(20-13)14(16)17/h4-8H,1-3H3,(H,16,17). The maximum atomic E-state index is 11.1. The van der Waals surface area contributed by atoms with E-state index < -0.39 is 5.97 Å². The normalized spacial score (nSPS) is 10.6. The van der Waals surface area contributed by atoms with Crippen LogP contribution >= 0.6 is 11.3 Å². The van der Waals surface area contributed by atoms with Gasteiger partial charge in [-0.1, -0.05) is 0 Å². The second-order valence-electron chi connectivity index (χ2n) is 4.35. The molecule has 5 nitrogen and oxygen atoms in total. The van der Waals surface area contributed by atoms with Gasteiger partial charge in [0.1, 0.15) is 10.8 Å². The SMILES string of the molecule is COc1nc(-c2ccc(OC(C)C)cc2)sc1C(=O)O. The molecule has 0 amide bonds. The number of aromatic nitrogens is 1. The number of ether oxygens (including phenoxy) is 2. The third-order valence-corrected chi connectivity index (χ3v) is 3.53. The number of benzene rings is 1. The molecule has 20 heavy (non-hydrogen) atoms. The summed E-state index contributed by atoms with van der Waals surface area (Å²) in [6, 6.07) is 7.37. The van der Waals surface area contributed by atoms with E-state index in [1.165, 1.54) is 7.11 Å². The van der Waals surface area contributed by atoms with Crippen LogP contribution < -0.4 is 9.47 Å². The van der Waals surface area contributed by atoms with Crippen LogP contribution in [0.15, 0.2) is 24.3 Å². The van der Waals surface area contributed by atoms with Gasteiger partial charge in [-0.05, 0) is 38.1 Å². The highest BCUT2D eigenvalue weighted by Crippen LogP contribution is 2.33. The third-order valence-electron chi connectivity index (χ3n) is 2.46. The summed E-state index contributed by atoms with van der Waals surface area (Å²) in [5.74, 6) is -0.129. The van der Waals surface area contributed by atoms with Crippen molar-refractivity contribution in [1.29, 1.82) is 0 Å². The van der Waals surface area contributed by atoms with Crippen molar-refractivity contribution < 1.29 is 19.4 Å². The molecule has 2 aromatic rings. The van der Waals surface area contributed by atoms with Crippen LogP contribution in [0.25, 0.3) is 10.6 Å². The fraction of sp³-hybridized carbons (Fsp3) is 0.286. The Hall–Kier alpha value is -2.08. The summed E-state index contributed by atoms with van der Waals surface area (Å²) in [6.07, 6.45) is 0.111. The summed E-state index contributed by atoms with van der Waals surface area (Å²) < 4.78 is 10.5. The molecule has 0 aliphatic heterocycles. The largest absolute Gasteiger partial charge is 0.491 e. The predicted octanol–water partition coefficient (Wildman–Crippen LogP) is 3.30. The van der Waals surface area contributed by atoms with E-state index in [1.807, 2.05) is 38.1 Å². The molecule has 0 spiro atoms. The molecule has 106 valence electrons. The quantitative estimate of drug-likeness (QED) is 0.916. The van der Waals surface area contributed by atoms with Gasteiger partial charge in [0.05, 0.1) is 13.2 Å². The molecule has 0 bridgehead atoms. The van der Waals surface area contributed by atoms with Gasteiger partial charge in [0, 0.05) is 5.56 Å². The number of hydrogen-bond acceptors (Lipinski definition) is 5. The van der Waals surface area contributed by atoms with Gasteiger partial charge in [0.25, 0.3) is 0 Å². The lowest BCUT2D eigenvalue weighted by Crippen LogP contribution is -2.05. The molecule has 0 unspecified atom stereocenters. The number of methoxy groups -OCH3 is 1. The Morgan fingerprint density at radius 2 is 1.95 bits per heavy atom. The first-order valence-corrected chi connectivity index (χ1v) is 6.88. The summed E-state index contributed by atoms with van der Waals surface area (Å²) in [6.45, 7) is 3.91. The van der Waals surface area contributed by atoms with E-state index in [0.717, 1.165) is 22.6 Å². The first kappa shape index (κ1) is 14.3. The van der Waals surface area contributed by atoms with Crippen LogP contribution in [0, 0.1) is 0 Å². The van der Waals surface area contributed by atoms with E-state index in [1.54, 1.807) is 0 Å². The monoisotopic (exact) mass is 293 g/mol. The van der Waals surface area contributed by atoms with Crippen LogP contribution in [0.4, 0.5) is 0 Å². The van der Waals surface area contributed by atoms with Gasteiger partial charge in [0.2, 0.25) is 5.88 Å². The van der Waals surface area contributed by atoms with Gasteiger partial charge in [-0.2, -0.15) is 0 Å². The Bertz CT molecular complexity index is 604. The molecule has 0 saturated carbocycles. The van der Waals surface area contributed by atoms with E-state index in [2.05, 4.69) is 4.98 Å². The average Bonchev–Trinajstić information content (AvgIpc) is 2.83. The maximum Gasteiger partial charge on any atom is 0.351 e. The van der Waals surface area contributed by atoms with Crippen molar-refractivity contribution in [2.24, 2.45) is 0 Å². The lowest BCUT2D eigenvalue weighted by atomic mass is 10.2. The molecule has 1 N–H and O–H groups in total. The van der Waals surface area contributed by atoms with Crippen molar-refractivity contribution in [3.63, 3.8) is 0 Å². The number of hydrogen-bond donors (Lipinski definition) is 1. The molecule has 0 radical (unpaired) electrons. The third kappa shape index (κ3) is 3.08. The van der Waals surface area contributed by atoms with E-state index >= 15 is 0 Å². The van der Waals surface area contributed by atoms with Crippen molar-refractivity contribution in [1.82, 2.24) is 4.98 Å². The van der Waals surface area contributed by atoms with Crippen molar-refractivity contribution in [3.05, 3.63) is 29.1 Å². The highest BCUT2D eigenvalue weighted by atomic mass is 32.1. The molecule has 0 aliphatic carbocycles. The minimum atomic E-state index is -1.04. The van der Waals surface area contributed by atoms with Crippen LogP contribution in [0.2, 0.25) is 0 Å². The van der Waals surface area contributed by atoms with Crippen LogP contribution in [0.5, 0.6) is 11.6 Å². The van der Waals surface area contributed by atoms with Crippen molar-refractivity contribution in [2.45, 2.75) is 20.0 Å². The van der Waals surface area contributed by atoms with E-state index in [0.29, 0.717) is 5.01 Å². The molecule has 0 fully saturated rings. The van der Waals surface area contributed by atoms with Crippen LogP contribution in [-0.4, -0.2) is 29.3 Å². The zero-order chi connectivity index (χ0) is 14.7. The van der Waals surface area contributed by atoms with Gasteiger partial charge >= 0.3 is 5.97 Å². The van der Waals surface area contributed by atoms with Gasteiger partial charge in [0.15, 0.2) is 4.88 Å². The number of thiazole rings is 1. The number of rotatable bonds is 5. The number of aromatic carboxylic acids is 1. The van der Waals surface area contributed by atoms with E-state index in [-0.39, 0.29) is 16.9 Å². The minimum absolute atomic E-state index is 0.102. The Morgan fingerprint density at radius 3 is 2.40 bits per heavy atom. The molecule has 6 heteroatoms. The van der Waals surface area contributed by atoms with Crippen molar-refractivity contribution in [2.75, 3.05) is 7.11 Å². The molecule has 0 atom stereocenters. The van der Waals surface area contributed by atoms with Gasteiger partial charge in [-0.15, -0.1) is 11.3 Å². The smallest absolute Gasteiger partial charge is 0.351 e. The van der Waals surface area contributed by atoms with Gasteiger partial charge in [-0.25, -0.2) is 9.78 Å². The van der Waals surface area contributed by atoms with Gasteiger partial charge < -0.3 is 14.6 Å². The molecular formula is C14H15NO4S. The minimum Gasteiger partial charge on any atom is -0.491 e. The number of nitrogens with zero attached hydrogens (tertiary/aromatic N) is 1. The van der Waals surface area contributed by atoms with Gasteiger partial charge in [-0.3, -0.25) is 0 Å². The fourth-order valence-electron chi connectivity index (χ4n) is 1.65. The zero-order valence-electron chi connectivity index (χ0n) is 11.4. The summed E-state index contributed by atoms with van der Waals surface area (Å²) in [7, 11) is 1.41. The Kier molecular flexibility index (Phi) is 4.24. The lowest BCUT2D eigenvalue weighted by molar-refractivity contribution is 0.0698. The topological polar surface area (TPSA) is 68.7 Å². The predicted molar refractivity (Wildman–Crippen MR) is 76.8 cm³/mol. The summed E-state index contributed by atoms with van der Waals surface area (Å²) in [5, 5.41) is 9.68. The van der Waals surface area contributed by atoms with E-state index in [4.69, 9.17) is 14.6 Å². The number of carboxylic acid groups (broad SMARTS) is 1. The Morgan fingerprint density at radius 1 is 1.30 bits per heavy atom. The lowest BCUT2D eigenvalue weighted by Gasteiger charge is -2.09.